The molecule has 0 spiro atoms. The molecule has 3 N–H and O–H groups in total. The van der Waals surface area contributed by atoms with Crippen molar-refractivity contribution in [3.8, 4) is 0 Å². The highest BCUT2D eigenvalue weighted by molar-refractivity contribution is 7.87. The topological polar surface area (TPSA) is 148 Å². The zero-order valence-electron chi connectivity index (χ0n) is 16.8. The summed E-state index contributed by atoms with van der Waals surface area (Å²) in [5, 5.41) is 21.4. The molecular weight excluding hydrogens is 406 g/mol. The van der Waals surface area contributed by atoms with Gasteiger partial charge in [0.05, 0.1) is 30.4 Å². The number of carbonyl (C=O) groups is 2. The van der Waals surface area contributed by atoms with Gasteiger partial charge in [-0.25, -0.2) is 4.79 Å². The lowest BCUT2D eigenvalue weighted by molar-refractivity contribution is -0.153. The molecule has 3 rings (SSSR count). The smallest absolute Gasteiger partial charge is 0.407 e. The fraction of sp³-hybridized carbons (Fsp3) is 0.889. The molecule has 0 radical (unpaired) electrons. The van der Waals surface area contributed by atoms with Gasteiger partial charge in [-0.1, -0.05) is 6.92 Å². The first-order chi connectivity index (χ1) is 13.5. The molecule has 1 amide bonds. The van der Waals surface area contributed by atoms with Crippen molar-refractivity contribution in [2.75, 3.05) is 26.4 Å². The molecule has 2 saturated carbocycles. The van der Waals surface area contributed by atoms with E-state index in [1.807, 2.05) is 6.92 Å². The number of rotatable bonds is 8. The summed E-state index contributed by atoms with van der Waals surface area (Å²) in [4.78, 5) is 24.1. The molecule has 1 aliphatic heterocycles. The molecule has 1 heterocycles. The van der Waals surface area contributed by atoms with Gasteiger partial charge in [-0.05, 0) is 33.1 Å². The lowest BCUT2D eigenvalue weighted by Crippen LogP contribution is -2.51. The molecule has 2 bridgehead atoms. The molecule has 3 aliphatic rings. The van der Waals surface area contributed by atoms with E-state index >= 15 is 0 Å². The summed E-state index contributed by atoms with van der Waals surface area (Å²) in [7, 11) is -3.91. The molecule has 0 aromatic heterocycles. The maximum Gasteiger partial charge on any atom is 0.407 e. The third-order valence-electron chi connectivity index (χ3n) is 6.83. The van der Waals surface area contributed by atoms with E-state index in [1.54, 1.807) is 13.8 Å². The molecular formula is C18H29NO9S. The Kier molecular flexibility index (Phi) is 5.65. The second-order valence-corrected chi connectivity index (χ2v) is 10.7. The van der Waals surface area contributed by atoms with Crippen LogP contribution in [0.1, 0.15) is 40.0 Å². The molecule has 166 valence electrons. The first kappa shape index (κ1) is 22.3. The normalized spacial score (nSPS) is 36.8. The number of aliphatic hydroxyl groups excluding tert-OH is 2. The number of ether oxygens (including phenoxy) is 2. The number of hydrogen-bond donors (Lipinski definition) is 3. The van der Waals surface area contributed by atoms with Crippen LogP contribution in [0.15, 0.2) is 0 Å². The van der Waals surface area contributed by atoms with Gasteiger partial charge < -0.3 is 25.0 Å². The van der Waals surface area contributed by atoms with Crippen molar-refractivity contribution in [3.63, 3.8) is 0 Å². The maximum absolute atomic E-state index is 12.3. The maximum atomic E-state index is 12.3. The predicted molar refractivity (Wildman–Crippen MR) is 99.2 cm³/mol. The molecule has 10 nitrogen and oxygen atoms in total. The van der Waals surface area contributed by atoms with Gasteiger partial charge in [0.2, 0.25) is 0 Å². The summed E-state index contributed by atoms with van der Waals surface area (Å²) in [6, 6.07) is 0. The minimum absolute atomic E-state index is 0.0147. The fourth-order valence-corrected chi connectivity index (χ4v) is 6.84. The molecule has 3 fully saturated rings. The van der Waals surface area contributed by atoms with Gasteiger partial charge in [-0.3, -0.25) is 8.98 Å². The number of nitrogens with one attached hydrogen (secondary N) is 1. The quantitative estimate of drug-likeness (QED) is 0.270. The Morgan fingerprint density at radius 2 is 1.97 bits per heavy atom. The fourth-order valence-electron chi connectivity index (χ4n) is 4.72. The Balaban J connectivity index is 1.59. The molecule has 5 unspecified atom stereocenters. The summed E-state index contributed by atoms with van der Waals surface area (Å²) >= 11 is 0. The highest BCUT2D eigenvalue weighted by atomic mass is 32.2. The highest BCUT2D eigenvalue weighted by Gasteiger charge is 2.79. The summed E-state index contributed by atoms with van der Waals surface area (Å²) in [6.45, 7) is 4.56. The van der Waals surface area contributed by atoms with Crippen molar-refractivity contribution < 1.29 is 41.9 Å². The standard InChI is InChI=1S/C18H29NO9S/c1-4-16(2,3)14(22)26-6-5-19-15(23)27-12-13-18(10-21)8-17(12,9-20)7-11(18)29(24,25)28-13/h11-13,20-21H,4-10H2,1-3H3,(H,19,23). The molecule has 1 saturated heterocycles. The monoisotopic (exact) mass is 435 g/mol. The van der Waals surface area contributed by atoms with Crippen LogP contribution in [-0.4, -0.2) is 74.5 Å². The van der Waals surface area contributed by atoms with Crippen molar-refractivity contribution in [2.24, 2.45) is 16.2 Å². The van der Waals surface area contributed by atoms with Crippen molar-refractivity contribution in [1.82, 2.24) is 5.32 Å². The average molecular weight is 435 g/mol. The Hall–Kier alpha value is -1.43. The van der Waals surface area contributed by atoms with Crippen LogP contribution in [0.5, 0.6) is 0 Å². The van der Waals surface area contributed by atoms with Gasteiger partial charge in [-0.2, -0.15) is 8.42 Å². The van der Waals surface area contributed by atoms with E-state index in [0.717, 1.165) is 0 Å². The Bertz CT molecular complexity index is 782. The van der Waals surface area contributed by atoms with E-state index < -0.39 is 56.5 Å². The van der Waals surface area contributed by atoms with E-state index in [0.29, 0.717) is 6.42 Å². The number of amides is 1. The van der Waals surface area contributed by atoms with Crippen LogP contribution < -0.4 is 5.32 Å². The Morgan fingerprint density at radius 3 is 2.55 bits per heavy atom. The van der Waals surface area contributed by atoms with Gasteiger partial charge in [0.25, 0.3) is 10.1 Å². The molecule has 5 atom stereocenters. The summed E-state index contributed by atoms with van der Waals surface area (Å²) in [6.07, 6.45) is -2.00. The van der Waals surface area contributed by atoms with Gasteiger partial charge in [0, 0.05) is 10.8 Å². The van der Waals surface area contributed by atoms with E-state index in [2.05, 4.69) is 5.32 Å². The van der Waals surface area contributed by atoms with E-state index in [4.69, 9.17) is 13.7 Å². The molecule has 11 heteroatoms. The summed E-state index contributed by atoms with van der Waals surface area (Å²) in [5.41, 5.74) is -2.66. The predicted octanol–water partition coefficient (Wildman–Crippen LogP) is -0.0774. The zero-order chi connectivity index (χ0) is 21.7. The van der Waals surface area contributed by atoms with Crippen LogP contribution >= 0.6 is 0 Å². The SMILES string of the molecule is CCC(C)(C)C(=O)OCCNC(=O)OC1C2OS(=O)(=O)C3CC1(CO)CC23CO. The first-order valence-electron chi connectivity index (χ1n) is 9.73. The van der Waals surface area contributed by atoms with Gasteiger partial charge in [-0.15, -0.1) is 0 Å². The van der Waals surface area contributed by atoms with Crippen LogP contribution in [0.4, 0.5) is 4.79 Å². The Morgan fingerprint density at radius 1 is 1.28 bits per heavy atom. The second kappa shape index (κ2) is 7.36. The third kappa shape index (κ3) is 3.41. The highest BCUT2D eigenvalue weighted by Crippen LogP contribution is 2.68. The van der Waals surface area contributed by atoms with E-state index in [9.17, 15) is 28.2 Å². The minimum Gasteiger partial charge on any atom is -0.463 e. The van der Waals surface area contributed by atoms with Gasteiger partial charge in [0.1, 0.15) is 18.8 Å². The molecule has 0 aromatic rings. The van der Waals surface area contributed by atoms with E-state index in [-0.39, 0.29) is 38.6 Å². The van der Waals surface area contributed by atoms with Crippen LogP contribution in [0, 0.1) is 16.2 Å². The first-order valence-corrected chi connectivity index (χ1v) is 11.2. The number of aliphatic hydroxyl groups is 2. The van der Waals surface area contributed by atoms with Crippen molar-refractivity contribution in [1.29, 1.82) is 0 Å². The largest absolute Gasteiger partial charge is 0.463 e. The number of hydrogen-bond acceptors (Lipinski definition) is 9. The van der Waals surface area contributed by atoms with Crippen LogP contribution in [-0.2, 0) is 28.6 Å². The van der Waals surface area contributed by atoms with Crippen molar-refractivity contribution in [3.05, 3.63) is 0 Å². The van der Waals surface area contributed by atoms with Crippen molar-refractivity contribution in [2.45, 2.75) is 57.5 Å². The summed E-state index contributed by atoms with van der Waals surface area (Å²) < 4.78 is 40.4. The molecule has 29 heavy (non-hydrogen) atoms. The molecule has 0 aromatic carbocycles. The average Bonchev–Trinajstić information content (AvgIpc) is 3.20. The van der Waals surface area contributed by atoms with Crippen LogP contribution in [0.3, 0.4) is 0 Å². The molecule has 2 aliphatic carbocycles. The third-order valence-corrected chi connectivity index (χ3v) is 8.64. The number of esters is 1. The van der Waals surface area contributed by atoms with Crippen LogP contribution in [0.25, 0.3) is 0 Å². The van der Waals surface area contributed by atoms with Crippen molar-refractivity contribution >= 4 is 22.2 Å². The summed E-state index contributed by atoms with van der Waals surface area (Å²) in [5.74, 6) is -0.372. The van der Waals surface area contributed by atoms with Gasteiger partial charge in [0.15, 0.2) is 0 Å². The number of fused-ring (bicyclic) bond motifs is 1. The van der Waals surface area contributed by atoms with E-state index in [1.165, 1.54) is 0 Å². The number of carbonyl (C=O) groups excluding carboxylic acids is 2. The zero-order valence-corrected chi connectivity index (χ0v) is 17.7. The lowest BCUT2D eigenvalue weighted by atomic mass is 9.78. The second-order valence-electron chi connectivity index (χ2n) is 8.92. The lowest BCUT2D eigenvalue weighted by Gasteiger charge is -2.36. The van der Waals surface area contributed by atoms with Crippen LogP contribution in [0.2, 0.25) is 0 Å². The minimum atomic E-state index is -3.91. The number of alkyl carbamates (subject to hydrolysis) is 1. The Labute approximate surface area is 170 Å². The van der Waals surface area contributed by atoms with Gasteiger partial charge >= 0.3 is 12.1 Å².